The molecule has 1 heterocycles. The third kappa shape index (κ3) is 5.21. The van der Waals surface area contributed by atoms with Crippen LogP contribution in [-0.4, -0.2) is 40.5 Å². The Morgan fingerprint density at radius 2 is 2.00 bits per heavy atom. The summed E-state index contributed by atoms with van der Waals surface area (Å²) >= 11 is 2.91. The number of amides is 2. The second kappa shape index (κ2) is 8.15. The molecular formula is C16H25N3O2S2. The van der Waals surface area contributed by atoms with Gasteiger partial charge in [-0.05, 0) is 38.5 Å². The van der Waals surface area contributed by atoms with Gasteiger partial charge in [0.05, 0.1) is 17.9 Å². The zero-order chi connectivity index (χ0) is 17.0. The molecule has 0 aromatic carbocycles. The van der Waals surface area contributed by atoms with Gasteiger partial charge in [-0.2, -0.15) is 0 Å². The molecule has 1 aromatic heterocycles. The maximum absolute atomic E-state index is 12.4. The Balaban J connectivity index is 1.85. The summed E-state index contributed by atoms with van der Waals surface area (Å²) in [5, 5.41) is 0. The van der Waals surface area contributed by atoms with Crippen molar-refractivity contribution in [3.8, 4) is 0 Å². The van der Waals surface area contributed by atoms with E-state index in [1.807, 2.05) is 18.9 Å². The number of thioether (sulfide) groups is 1. The van der Waals surface area contributed by atoms with Crippen molar-refractivity contribution in [3.63, 3.8) is 0 Å². The lowest BCUT2D eigenvalue weighted by atomic mass is 9.87. The minimum absolute atomic E-state index is 0.152. The van der Waals surface area contributed by atoms with Crippen molar-refractivity contribution >= 4 is 34.9 Å². The number of rotatable bonds is 6. The average Bonchev–Trinajstić information content (AvgIpc) is 2.84. The zero-order valence-corrected chi connectivity index (χ0v) is 15.6. The molecule has 0 aliphatic heterocycles. The number of primary amides is 1. The summed E-state index contributed by atoms with van der Waals surface area (Å²) in [6.07, 6.45) is 4.84. The Hall–Kier alpha value is -1.08. The number of nitrogens with zero attached hydrogens (tertiary/aromatic N) is 2. The highest BCUT2D eigenvalue weighted by Crippen LogP contribution is 2.29. The lowest BCUT2D eigenvalue weighted by molar-refractivity contribution is -0.129. The summed E-state index contributed by atoms with van der Waals surface area (Å²) in [4.78, 5) is 30.6. The van der Waals surface area contributed by atoms with Crippen LogP contribution in [0.4, 0.5) is 0 Å². The van der Waals surface area contributed by atoms with Gasteiger partial charge in [-0.3, -0.25) is 9.59 Å². The molecule has 1 aliphatic rings. The molecule has 0 spiro atoms. The first-order valence-corrected chi connectivity index (χ1v) is 9.80. The van der Waals surface area contributed by atoms with E-state index in [2.05, 4.69) is 11.9 Å². The van der Waals surface area contributed by atoms with E-state index < -0.39 is 0 Å². The number of thiazole rings is 1. The van der Waals surface area contributed by atoms with Gasteiger partial charge >= 0.3 is 0 Å². The normalized spacial score (nSPS) is 21.2. The third-order valence-corrected chi connectivity index (χ3v) is 6.74. The van der Waals surface area contributed by atoms with E-state index in [1.165, 1.54) is 35.9 Å². The lowest BCUT2D eigenvalue weighted by Gasteiger charge is -2.33. The van der Waals surface area contributed by atoms with Crippen LogP contribution in [0.2, 0.25) is 0 Å². The van der Waals surface area contributed by atoms with Gasteiger partial charge in [0.25, 0.3) is 0 Å². The van der Waals surface area contributed by atoms with Crippen LogP contribution >= 0.6 is 23.1 Å². The van der Waals surface area contributed by atoms with Crippen molar-refractivity contribution in [2.45, 2.75) is 56.3 Å². The van der Waals surface area contributed by atoms with E-state index in [0.29, 0.717) is 11.8 Å². The summed E-state index contributed by atoms with van der Waals surface area (Å²) in [7, 11) is 1.91. The number of hydrogen-bond acceptors (Lipinski definition) is 5. The maximum atomic E-state index is 12.4. The molecule has 0 atom stereocenters. The summed E-state index contributed by atoms with van der Waals surface area (Å²) in [5.41, 5.74) is 6.06. The summed E-state index contributed by atoms with van der Waals surface area (Å²) in [6.45, 7) is 4.15. The highest BCUT2D eigenvalue weighted by molar-refractivity contribution is 8.01. The van der Waals surface area contributed by atoms with Crippen molar-refractivity contribution in [1.82, 2.24) is 9.88 Å². The van der Waals surface area contributed by atoms with Gasteiger partial charge in [0.1, 0.15) is 0 Å². The Morgan fingerprint density at radius 1 is 1.35 bits per heavy atom. The fourth-order valence-corrected chi connectivity index (χ4v) is 5.01. The Kier molecular flexibility index (Phi) is 6.47. The molecule has 1 saturated carbocycles. The first-order chi connectivity index (χ1) is 10.9. The molecule has 5 nitrogen and oxygen atoms in total. The standard InChI is InChI=1S/C16H25N3O2S2/c1-10-4-6-12(7-5-10)19(3)15(21)9-22-16-18-11(2)13(23-16)8-14(17)20/h10,12H,4-9H2,1-3H3,(H2,17,20). The van der Waals surface area contributed by atoms with Gasteiger partial charge in [0.15, 0.2) is 4.34 Å². The number of hydrogen-bond donors (Lipinski definition) is 1. The minimum Gasteiger partial charge on any atom is -0.369 e. The SMILES string of the molecule is Cc1nc(SCC(=O)N(C)C2CCC(C)CC2)sc1CC(N)=O. The van der Waals surface area contributed by atoms with Gasteiger partial charge < -0.3 is 10.6 Å². The fraction of sp³-hybridized carbons (Fsp3) is 0.688. The molecule has 7 heteroatoms. The van der Waals surface area contributed by atoms with Crippen molar-refractivity contribution < 1.29 is 9.59 Å². The number of nitrogens with two attached hydrogens (primary N) is 1. The van der Waals surface area contributed by atoms with Crippen LogP contribution in [0.1, 0.15) is 43.2 Å². The zero-order valence-electron chi connectivity index (χ0n) is 14.0. The van der Waals surface area contributed by atoms with Gasteiger partial charge in [0, 0.05) is 18.0 Å². The lowest BCUT2D eigenvalue weighted by Crippen LogP contribution is -2.40. The van der Waals surface area contributed by atoms with Crippen LogP contribution < -0.4 is 5.73 Å². The smallest absolute Gasteiger partial charge is 0.233 e. The summed E-state index contributed by atoms with van der Waals surface area (Å²) in [6, 6.07) is 0.378. The van der Waals surface area contributed by atoms with Crippen LogP contribution in [0.3, 0.4) is 0 Å². The van der Waals surface area contributed by atoms with Crippen LogP contribution in [0.25, 0.3) is 0 Å². The molecule has 2 rings (SSSR count). The Bertz CT molecular complexity index is 566. The number of aromatic nitrogens is 1. The second-order valence-electron chi connectivity index (χ2n) is 6.34. The van der Waals surface area contributed by atoms with Gasteiger partial charge in [-0.25, -0.2) is 4.98 Å². The topological polar surface area (TPSA) is 76.3 Å². The van der Waals surface area contributed by atoms with E-state index in [9.17, 15) is 9.59 Å². The first kappa shape index (κ1) is 18.3. The number of aryl methyl sites for hydroxylation is 1. The molecule has 1 aromatic rings. The molecule has 128 valence electrons. The Labute approximate surface area is 146 Å². The van der Waals surface area contributed by atoms with Crippen LogP contribution in [0.15, 0.2) is 4.34 Å². The Morgan fingerprint density at radius 3 is 2.61 bits per heavy atom. The van der Waals surface area contributed by atoms with Crippen molar-refractivity contribution in [2.24, 2.45) is 11.7 Å². The largest absolute Gasteiger partial charge is 0.369 e. The van der Waals surface area contributed by atoms with E-state index in [-0.39, 0.29) is 18.2 Å². The van der Waals surface area contributed by atoms with Gasteiger partial charge in [-0.15, -0.1) is 11.3 Å². The quantitative estimate of drug-likeness (QED) is 0.796. The van der Waals surface area contributed by atoms with Crippen molar-refractivity contribution in [3.05, 3.63) is 10.6 Å². The number of carbonyl (C=O) groups excluding carboxylic acids is 2. The molecule has 23 heavy (non-hydrogen) atoms. The maximum Gasteiger partial charge on any atom is 0.233 e. The molecule has 2 amide bonds. The van der Waals surface area contributed by atoms with E-state index >= 15 is 0 Å². The molecule has 2 N–H and O–H groups in total. The predicted molar refractivity (Wildman–Crippen MR) is 94.7 cm³/mol. The van der Waals surface area contributed by atoms with Gasteiger partial charge in [-0.1, -0.05) is 18.7 Å². The number of carbonyl (C=O) groups is 2. The minimum atomic E-state index is -0.351. The highest BCUT2D eigenvalue weighted by Gasteiger charge is 2.25. The monoisotopic (exact) mass is 355 g/mol. The van der Waals surface area contributed by atoms with Crippen LogP contribution in [0.5, 0.6) is 0 Å². The molecule has 0 saturated heterocycles. The van der Waals surface area contributed by atoms with Crippen LogP contribution in [-0.2, 0) is 16.0 Å². The molecule has 0 unspecified atom stereocenters. The summed E-state index contributed by atoms with van der Waals surface area (Å²) in [5.74, 6) is 0.978. The third-order valence-electron chi connectivity index (χ3n) is 4.45. The summed E-state index contributed by atoms with van der Waals surface area (Å²) < 4.78 is 0.831. The fourth-order valence-electron chi connectivity index (χ4n) is 2.84. The molecule has 1 fully saturated rings. The average molecular weight is 356 g/mol. The van der Waals surface area contributed by atoms with E-state index in [1.54, 1.807) is 0 Å². The highest BCUT2D eigenvalue weighted by atomic mass is 32.2. The van der Waals surface area contributed by atoms with E-state index in [0.717, 1.165) is 33.7 Å². The van der Waals surface area contributed by atoms with Crippen molar-refractivity contribution in [2.75, 3.05) is 12.8 Å². The first-order valence-electron chi connectivity index (χ1n) is 8.00. The van der Waals surface area contributed by atoms with Crippen molar-refractivity contribution in [1.29, 1.82) is 0 Å². The van der Waals surface area contributed by atoms with Crippen LogP contribution in [0, 0.1) is 12.8 Å². The predicted octanol–water partition coefficient (Wildman–Crippen LogP) is 2.61. The molecular weight excluding hydrogens is 330 g/mol. The van der Waals surface area contributed by atoms with E-state index in [4.69, 9.17) is 5.73 Å². The molecule has 1 aliphatic carbocycles. The molecule has 0 bridgehead atoms. The van der Waals surface area contributed by atoms with Gasteiger partial charge in [0.2, 0.25) is 11.8 Å². The second-order valence-corrected chi connectivity index (χ2v) is 8.64. The molecule has 0 radical (unpaired) electrons.